The van der Waals surface area contributed by atoms with E-state index < -0.39 is 0 Å². The summed E-state index contributed by atoms with van der Waals surface area (Å²) in [5.41, 5.74) is 5.03. The van der Waals surface area contributed by atoms with Crippen molar-refractivity contribution < 1.29 is 30.0 Å². The average Bonchev–Trinajstić information content (AvgIpc) is 3.42. The molecule has 2 aromatic carbocycles. The van der Waals surface area contributed by atoms with Gasteiger partial charge in [0.15, 0.2) is 5.78 Å². The van der Waals surface area contributed by atoms with Crippen LogP contribution < -0.4 is 0 Å². The summed E-state index contributed by atoms with van der Waals surface area (Å²) in [4.78, 5) is 18.6. The molecule has 0 aliphatic heterocycles. The third-order valence-electron chi connectivity index (χ3n) is 8.97. The van der Waals surface area contributed by atoms with Crippen molar-refractivity contribution in [3.8, 4) is 11.3 Å². The standard InChI is InChI=1S/C22H20NS.C15H28O2.Ir/c1-13(2)20-12-18-17-7-5-6-8-19(17)23-21(22(18)24-20)16-10-14(3)9-15(4)11-16;1-7-14(5,8-2)12(16)11-13(17)15(6,9-3)10-4;/h5-10,12-13H,1-4H3;11,16H,7-10H2,1-6H3;/q-1;;/b;12-11-;. The summed E-state index contributed by atoms with van der Waals surface area (Å²) in [5.74, 6) is 0.811. The zero-order valence-electron chi connectivity index (χ0n) is 27.1. The Balaban J connectivity index is 0.000000307. The number of carbonyl (C=O) groups excluding carboxylic acids is 1. The summed E-state index contributed by atoms with van der Waals surface area (Å²) in [7, 11) is 0. The maximum absolute atomic E-state index is 12.2. The number of carbonyl (C=O) groups is 1. The SMILES string of the molecule is CCC(C)(CC)C(=O)/C=C(\O)C(C)(CC)CC.Cc1[c-]c(-c2nc3ccccc3c3cc(C(C)C)sc23)cc(C)c1.[Ir]. The fourth-order valence-corrected chi connectivity index (χ4v) is 6.11. The molecule has 4 rings (SSSR count). The number of ketones is 1. The van der Waals surface area contributed by atoms with Crippen LogP contribution in [0.3, 0.4) is 0 Å². The number of para-hydroxylation sites is 1. The van der Waals surface area contributed by atoms with Gasteiger partial charge in [-0.1, -0.05) is 87.4 Å². The Morgan fingerprint density at radius 1 is 0.952 bits per heavy atom. The first kappa shape index (κ1) is 35.9. The fraction of sp³-hybridized carbons (Fsp3) is 0.459. The molecule has 0 aliphatic rings. The van der Waals surface area contributed by atoms with Crippen LogP contribution in [0.5, 0.6) is 0 Å². The first-order valence-corrected chi connectivity index (χ1v) is 15.9. The number of aromatic nitrogens is 1. The van der Waals surface area contributed by atoms with Crippen molar-refractivity contribution in [2.45, 2.75) is 101 Å². The first-order valence-electron chi connectivity index (χ1n) is 15.1. The molecule has 2 heterocycles. The number of hydrogen-bond donors (Lipinski definition) is 1. The van der Waals surface area contributed by atoms with Crippen LogP contribution in [0, 0.1) is 30.7 Å². The van der Waals surface area contributed by atoms with Gasteiger partial charge in [-0.25, -0.2) is 0 Å². The van der Waals surface area contributed by atoms with E-state index in [0.717, 1.165) is 48.0 Å². The van der Waals surface area contributed by atoms with Crippen LogP contribution in [-0.4, -0.2) is 15.9 Å². The van der Waals surface area contributed by atoms with Crippen LogP contribution in [0.1, 0.15) is 103 Å². The number of thiophene rings is 1. The van der Waals surface area contributed by atoms with Gasteiger partial charge in [0.25, 0.3) is 0 Å². The van der Waals surface area contributed by atoms with Crippen molar-refractivity contribution in [2.24, 2.45) is 10.8 Å². The molecule has 3 nitrogen and oxygen atoms in total. The minimum atomic E-state index is -0.337. The molecular formula is C37H48IrNO2S-. The van der Waals surface area contributed by atoms with Gasteiger partial charge < -0.3 is 5.11 Å². The van der Waals surface area contributed by atoms with E-state index in [-0.39, 0.29) is 42.5 Å². The Morgan fingerprint density at radius 3 is 2.10 bits per heavy atom. The number of benzene rings is 2. The van der Waals surface area contributed by atoms with Crippen molar-refractivity contribution in [2.75, 3.05) is 0 Å². The van der Waals surface area contributed by atoms with E-state index in [1.807, 2.05) is 52.9 Å². The zero-order chi connectivity index (χ0) is 30.5. The van der Waals surface area contributed by atoms with E-state index in [1.165, 1.54) is 32.0 Å². The Kier molecular flexibility index (Phi) is 12.7. The predicted molar refractivity (Wildman–Crippen MR) is 178 cm³/mol. The molecule has 229 valence electrons. The maximum atomic E-state index is 12.2. The molecule has 2 aromatic heterocycles. The average molecular weight is 763 g/mol. The van der Waals surface area contributed by atoms with Gasteiger partial charge in [0.1, 0.15) is 5.76 Å². The van der Waals surface area contributed by atoms with E-state index in [0.29, 0.717) is 5.92 Å². The Hall–Kier alpha value is -2.33. The van der Waals surface area contributed by atoms with Gasteiger partial charge in [0, 0.05) is 57.7 Å². The van der Waals surface area contributed by atoms with E-state index >= 15 is 0 Å². The van der Waals surface area contributed by atoms with Crippen LogP contribution in [0.2, 0.25) is 0 Å². The first-order chi connectivity index (χ1) is 19.3. The van der Waals surface area contributed by atoms with Gasteiger partial charge in [0.05, 0.1) is 5.52 Å². The molecule has 1 radical (unpaired) electrons. The van der Waals surface area contributed by atoms with E-state index in [1.54, 1.807) is 0 Å². The summed E-state index contributed by atoms with van der Waals surface area (Å²) in [5, 5.41) is 12.7. The number of aryl methyl sites for hydroxylation is 2. The third-order valence-corrected chi connectivity index (χ3v) is 10.4. The number of hydrogen-bond acceptors (Lipinski definition) is 4. The van der Waals surface area contributed by atoms with Gasteiger partial charge in [0.2, 0.25) is 0 Å². The molecule has 0 saturated heterocycles. The summed E-state index contributed by atoms with van der Waals surface area (Å²) in [6.07, 6.45) is 4.75. The molecular weight excluding hydrogens is 715 g/mol. The van der Waals surface area contributed by atoms with Gasteiger partial charge in [-0.2, -0.15) is 0 Å². The van der Waals surface area contributed by atoms with E-state index in [9.17, 15) is 9.90 Å². The summed E-state index contributed by atoms with van der Waals surface area (Å²) >= 11 is 1.87. The zero-order valence-corrected chi connectivity index (χ0v) is 30.3. The largest absolute Gasteiger partial charge is 0.512 e. The second kappa shape index (κ2) is 14.9. The molecule has 1 N–H and O–H groups in total. The van der Waals surface area contributed by atoms with Crippen molar-refractivity contribution in [3.63, 3.8) is 0 Å². The van der Waals surface area contributed by atoms with Crippen molar-refractivity contribution in [1.29, 1.82) is 0 Å². The smallest absolute Gasteiger partial charge is 0.164 e. The quantitative estimate of drug-likeness (QED) is 0.105. The van der Waals surface area contributed by atoms with Crippen LogP contribution in [0.15, 0.2) is 54.3 Å². The Morgan fingerprint density at radius 2 is 1.55 bits per heavy atom. The number of nitrogens with zero attached hydrogens (tertiary/aromatic N) is 1. The van der Waals surface area contributed by atoms with Crippen LogP contribution >= 0.6 is 11.3 Å². The number of rotatable bonds is 9. The summed E-state index contributed by atoms with van der Waals surface area (Å²) in [6.45, 7) is 20.8. The molecule has 0 saturated carbocycles. The number of fused-ring (bicyclic) bond motifs is 3. The maximum Gasteiger partial charge on any atom is 0.164 e. The van der Waals surface area contributed by atoms with Gasteiger partial charge in [-0.15, -0.1) is 46.2 Å². The predicted octanol–water partition coefficient (Wildman–Crippen LogP) is 11.3. The Labute approximate surface area is 271 Å². The second-order valence-corrected chi connectivity index (χ2v) is 13.3. The molecule has 4 aromatic rings. The summed E-state index contributed by atoms with van der Waals surface area (Å²) < 4.78 is 1.28. The van der Waals surface area contributed by atoms with Crippen LogP contribution in [-0.2, 0) is 24.9 Å². The molecule has 0 fully saturated rings. The molecule has 0 amide bonds. The molecule has 5 heteroatoms. The van der Waals surface area contributed by atoms with Crippen LogP contribution in [0.25, 0.3) is 32.2 Å². The summed E-state index contributed by atoms with van der Waals surface area (Å²) in [6, 6.07) is 18.6. The number of allylic oxidation sites excluding steroid dienone is 2. The minimum Gasteiger partial charge on any atom is -0.512 e. The number of pyridine rings is 1. The molecule has 0 bridgehead atoms. The second-order valence-electron chi connectivity index (χ2n) is 12.2. The van der Waals surface area contributed by atoms with Crippen molar-refractivity contribution in [3.05, 3.63) is 76.4 Å². The molecule has 42 heavy (non-hydrogen) atoms. The molecule has 0 unspecified atom stereocenters. The Bertz CT molecular complexity index is 1520. The van der Waals surface area contributed by atoms with Crippen LogP contribution in [0.4, 0.5) is 0 Å². The molecule has 0 aliphatic carbocycles. The van der Waals surface area contributed by atoms with Crippen molar-refractivity contribution in [1.82, 2.24) is 4.98 Å². The fourth-order valence-electron chi connectivity index (χ4n) is 4.93. The number of aliphatic hydroxyl groups excluding tert-OH is 1. The minimum absolute atomic E-state index is 0. The van der Waals surface area contributed by atoms with Gasteiger partial charge >= 0.3 is 0 Å². The monoisotopic (exact) mass is 763 g/mol. The number of aliphatic hydroxyl groups is 1. The van der Waals surface area contributed by atoms with Gasteiger partial charge in [-0.3, -0.25) is 9.78 Å². The van der Waals surface area contributed by atoms with E-state index in [2.05, 4.69) is 76.2 Å². The van der Waals surface area contributed by atoms with E-state index in [4.69, 9.17) is 4.98 Å². The molecule has 0 atom stereocenters. The van der Waals surface area contributed by atoms with Gasteiger partial charge in [-0.05, 0) is 49.1 Å². The van der Waals surface area contributed by atoms with Crippen molar-refractivity contribution >= 4 is 38.1 Å². The third kappa shape index (κ3) is 7.78. The normalized spacial score (nSPS) is 12.3. The topological polar surface area (TPSA) is 50.2 Å². The molecule has 0 spiro atoms.